The van der Waals surface area contributed by atoms with Crippen LogP contribution in [0, 0.1) is 0 Å². The lowest BCUT2D eigenvalue weighted by Crippen LogP contribution is -2.16. The minimum absolute atomic E-state index is 0.370. The van der Waals surface area contributed by atoms with Crippen molar-refractivity contribution in [2.75, 3.05) is 0 Å². The van der Waals surface area contributed by atoms with Crippen molar-refractivity contribution in [1.29, 1.82) is 0 Å². The molecule has 0 bridgehead atoms. The molecule has 2 aromatic carbocycles. The Kier molecular flexibility index (Phi) is 3.26. The van der Waals surface area contributed by atoms with Gasteiger partial charge in [0, 0.05) is 10.0 Å². The molecule has 0 heterocycles. The maximum atomic E-state index is 6.41. The van der Waals surface area contributed by atoms with E-state index in [1.54, 1.807) is 0 Å². The molecule has 2 aromatic rings. The molecular formula is C15H10Cl4. The molecule has 0 amide bonds. The predicted octanol–water partition coefficient (Wildman–Crippen LogP) is 5.86. The SMILES string of the molecule is Clc1ccc(C2(c3ccc(Cl)cc3)CC2(Cl)Cl)cc1. The van der Waals surface area contributed by atoms with E-state index in [0.717, 1.165) is 11.1 Å². The monoisotopic (exact) mass is 330 g/mol. The highest BCUT2D eigenvalue weighted by atomic mass is 35.5. The first-order chi connectivity index (χ1) is 8.96. The van der Waals surface area contributed by atoms with Crippen molar-refractivity contribution in [3.8, 4) is 0 Å². The summed E-state index contributed by atoms with van der Waals surface area (Å²) >= 11 is 24.7. The summed E-state index contributed by atoms with van der Waals surface area (Å²) < 4.78 is -0.783. The van der Waals surface area contributed by atoms with Crippen molar-refractivity contribution in [3.63, 3.8) is 0 Å². The van der Waals surface area contributed by atoms with E-state index in [9.17, 15) is 0 Å². The summed E-state index contributed by atoms with van der Waals surface area (Å²) in [6.07, 6.45) is 0.687. The van der Waals surface area contributed by atoms with E-state index in [0.29, 0.717) is 16.5 Å². The van der Waals surface area contributed by atoms with Crippen LogP contribution in [-0.2, 0) is 5.41 Å². The Bertz CT molecular complexity index is 554. The van der Waals surface area contributed by atoms with E-state index in [2.05, 4.69) is 0 Å². The highest BCUT2D eigenvalue weighted by molar-refractivity contribution is 6.52. The van der Waals surface area contributed by atoms with Crippen LogP contribution in [0.5, 0.6) is 0 Å². The van der Waals surface area contributed by atoms with Gasteiger partial charge in [-0.1, -0.05) is 47.5 Å². The third-order valence-corrected chi connectivity index (χ3v) is 5.08. The van der Waals surface area contributed by atoms with Crippen molar-refractivity contribution >= 4 is 46.4 Å². The standard InChI is InChI=1S/C15H10Cl4/c16-12-5-1-10(2-6-12)14(9-15(14,18)19)11-3-7-13(17)8-4-11/h1-8H,9H2. The largest absolute Gasteiger partial charge is 0.133 e. The second-order valence-electron chi connectivity index (χ2n) is 4.80. The van der Waals surface area contributed by atoms with Crippen molar-refractivity contribution in [1.82, 2.24) is 0 Å². The fourth-order valence-electron chi connectivity index (χ4n) is 2.55. The van der Waals surface area contributed by atoms with Gasteiger partial charge in [-0.15, -0.1) is 23.2 Å². The quantitative estimate of drug-likeness (QED) is 0.605. The lowest BCUT2D eigenvalue weighted by molar-refractivity contribution is 0.833. The van der Waals surface area contributed by atoms with Gasteiger partial charge in [-0.25, -0.2) is 0 Å². The molecule has 0 aromatic heterocycles. The van der Waals surface area contributed by atoms with E-state index < -0.39 is 4.33 Å². The molecule has 0 nitrogen and oxygen atoms in total. The number of hydrogen-bond donors (Lipinski definition) is 0. The van der Waals surface area contributed by atoms with Gasteiger partial charge in [0.05, 0.1) is 5.41 Å². The number of alkyl halides is 2. The summed E-state index contributed by atoms with van der Waals surface area (Å²) in [5.41, 5.74) is 1.78. The van der Waals surface area contributed by atoms with Gasteiger partial charge in [0.25, 0.3) is 0 Å². The molecule has 0 radical (unpaired) electrons. The van der Waals surface area contributed by atoms with Crippen LogP contribution < -0.4 is 0 Å². The van der Waals surface area contributed by atoms with Gasteiger partial charge >= 0.3 is 0 Å². The molecule has 4 heteroatoms. The smallest absolute Gasteiger partial charge is 0.100 e. The van der Waals surface area contributed by atoms with Crippen LogP contribution in [0.3, 0.4) is 0 Å². The first kappa shape index (κ1) is 13.6. The van der Waals surface area contributed by atoms with Crippen LogP contribution in [0.15, 0.2) is 48.5 Å². The first-order valence-electron chi connectivity index (χ1n) is 5.86. The summed E-state index contributed by atoms with van der Waals surface area (Å²) in [6.45, 7) is 0. The van der Waals surface area contributed by atoms with Crippen molar-refractivity contribution in [2.45, 2.75) is 16.2 Å². The average Bonchev–Trinajstić information content (AvgIpc) is 2.95. The van der Waals surface area contributed by atoms with Crippen molar-refractivity contribution in [2.24, 2.45) is 0 Å². The summed E-state index contributed by atoms with van der Waals surface area (Å²) in [6, 6.07) is 15.3. The Balaban J connectivity index is 2.11. The molecule has 98 valence electrons. The van der Waals surface area contributed by atoms with Gasteiger partial charge in [0.15, 0.2) is 0 Å². The second-order valence-corrected chi connectivity index (χ2v) is 7.16. The lowest BCUT2D eigenvalue weighted by atomic mass is 9.88. The van der Waals surface area contributed by atoms with Crippen LogP contribution in [0.4, 0.5) is 0 Å². The maximum absolute atomic E-state index is 6.41. The Morgan fingerprint density at radius 2 is 1.00 bits per heavy atom. The molecule has 0 N–H and O–H groups in total. The molecule has 0 aliphatic heterocycles. The van der Waals surface area contributed by atoms with E-state index in [-0.39, 0.29) is 5.41 Å². The maximum Gasteiger partial charge on any atom is 0.133 e. The molecule has 19 heavy (non-hydrogen) atoms. The van der Waals surface area contributed by atoms with Gasteiger partial charge in [-0.05, 0) is 41.8 Å². The fourth-order valence-corrected chi connectivity index (χ4v) is 3.64. The number of hydrogen-bond acceptors (Lipinski definition) is 0. The summed E-state index contributed by atoms with van der Waals surface area (Å²) in [7, 11) is 0. The minimum Gasteiger partial charge on any atom is -0.100 e. The molecule has 1 fully saturated rings. The van der Waals surface area contributed by atoms with Gasteiger partial charge < -0.3 is 0 Å². The highest BCUT2D eigenvalue weighted by Crippen LogP contribution is 2.68. The number of halogens is 4. The van der Waals surface area contributed by atoms with Gasteiger partial charge in [0.2, 0.25) is 0 Å². The lowest BCUT2D eigenvalue weighted by Gasteiger charge is -2.19. The number of benzene rings is 2. The van der Waals surface area contributed by atoms with Crippen LogP contribution in [0.2, 0.25) is 10.0 Å². The summed E-state index contributed by atoms with van der Waals surface area (Å²) in [4.78, 5) is 0. The second kappa shape index (κ2) is 4.56. The zero-order chi connectivity index (χ0) is 13.7. The van der Waals surface area contributed by atoms with Crippen LogP contribution in [0.1, 0.15) is 17.5 Å². The fraction of sp³-hybridized carbons (Fsp3) is 0.200. The Morgan fingerprint density at radius 3 is 1.26 bits per heavy atom. The van der Waals surface area contributed by atoms with Crippen molar-refractivity contribution in [3.05, 3.63) is 69.7 Å². The van der Waals surface area contributed by atoms with Crippen LogP contribution >= 0.6 is 46.4 Å². The van der Waals surface area contributed by atoms with E-state index in [1.165, 1.54) is 0 Å². The Morgan fingerprint density at radius 1 is 0.684 bits per heavy atom. The molecule has 0 saturated heterocycles. The number of rotatable bonds is 2. The van der Waals surface area contributed by atoms with Gasteiger partial charge in [0.1, 0.15) is 4.33 Å². The van der Waals surface area contributed by atoms with Crippen molar-refractivity contribution < 1.29 is 0 Å². The zero-order valence-electron chi connectivity index (χ0n) is 9.84. The third kappa shape index (κ3) is 2.15. The highest BCUT2D eigenvalue weighted by Gasteiger charge is 2.68. The Labute approximate surface area is 132 Å². The summed E-state index contributed by atoms with van der Waals surface area (Å²) in [5, 5.41) is 1.40. The molecular weight excluding hydrogens is 322 g/mol. The van der Waals surface area contributed by atoms with E-state index >= 15 is 0 Å². The molecule has 1 aliphatic rings. The topological polar surface area (TPSA) is 0 Å². The average molecular weight is 332 g/mol. The molecule has 0 spiro atoms. The normalized spacial score (nSPS) is 19.2. The van der Waals surface area contributed by atoms with Crippen LogP contribution in [-0.4, -0.2) is 4.33 Å². The van der Waals surface area contributed by atoms with E-state index in [4.69, 9.17) is 46.4 Å². The van der Waals surface area contributed by atoms with E-state index in [1.807, 2.05) is 48.5 Å². The van der Waals surface area contributed by atoms with Crippen LogP contribution in [0.25, 0.3) is 0 Å². The molecule has 0 atom stereocenters. The Hall–Kier alpha value is -0.400. The molecule has 0 unspecified atom stereocenters. The predicted molar refractivity (Wildman–Crippen MR) is 82.7 cm³/mol. The first-order valence-corrected chi connectivity index (χ1v) is 7.37. The molecule has 3 rings (SSSR count). The van der Waals surface area contributed by atoms with Gasteiger partial charge in [-0.3, -0.25) is 0 Å². The summed E-state index contributed by atoms with van der Waals surface area (Å²) in [5.74, 6) is 0. The molecule has 1 saturated carbocycles. The van der Waals surface area contributed by atoms with Gasteiger partial charge in [-0.2, -0.15) is 0 Å². The minimum atomic E-state index is -0.783. The molecule has 1 aliphatic carbocycles. The zero-order valence-corrected chi connectivity index (χ0v) is 12.9. The third-order valence-electron chi connectivity index (χ3n) is 3.66.